The summed E-state index contributed by atoms with van der Waals surface area (Å²) in [5.74, 6) is 2.21. The van der Waals surface area contributed by atoms with Crippen LogP contribution in [0.4, 0.5) is 0 Å². The van der Waals surface area contributed by atoms with Gasteiger partial charge in [0.25, 0.3) is 5.88 Å². The molecule has 1 saturated heterocycles. The third-order valence-electron chi connectivity index (χ3n) is 5.71. The topological polar surface area (TPSA) is 97.5 Å². The van der Waals surface area contributed by atoms with Crippen LogP contribution in [0.2, 0.25) is 0 Å². The first kappa shape index (κ1) is 26.8. The molecule has 0 unspecified atom stereocenters. The van der Waals surface area contributed by atoms with Gasteiger partial charge in [0.2, 0.25) is 0 Å². The van der Waals surface area contributed by atoms with E-state index in [1.165, 1.54) is 0 Å². The molecule has 3 aromatic heterocycles. The van der Waals surface area contributed by atoms with Gasteiger partial charge in [-0.25, -0.2) is 0 Å². The second-order valence-corrected chi connectivity index (χ2v) is 9.26. The molecule has 0 atom stereocenters. The van der Waals surface area contributed by atoms with Crippen LogP contribution in [-0.2, 0) is 25.5 Å². The molecule has 1 aliphatic rings. The molecule has 1 fully saturated rings. The predicted molar refractivity (Wildman–Crippen MR) is 135 cm³/mol. The van der Waals surface area contributed by atoms with E-state index in [-0.39, 0.29) is 6.10 Å². The highest BCUT2D eigenvalue weighted by molar-refractivity contribution is 7.17. The fraction of sp³-hybridized carbons (Fsp3) is 0.600. The van der Waals surface area contributed by atoms with Crippen LogP contribution in [0, 0.1) is 0 Å². The number of ether oxygens (including phenoxy) is 6. The second-order valence-electron chi connectivity index (χ2n) is 8.35. The summed E-state index contributed by atoms with van der Waals surface area (Å²) in [5.41, 5.74) is 0.995. The number of hydrogen-bond acceptors (Lipinski definition) is 11. The van der Waals surface area contributed by atoms with Crippen molar-refractivity contribution in [3.8, 4) is 11.6 Å². The highest BCUT2D eigenvalue weighted by Crippen LogP contribution is 2.31. The van der Waals surface area contributed by atoms with Crippen molar-refractivity contribution >= 4 is 21.6 Å². The van der Waals surface area contributed by atoms with Gasteiger partial charge in [-0.05, 0) is 35.5 Å². The summed E-state index contributed by atoms with van der Waals surface area (Å²) in [6.45, 7) is 6.74. The molecular weight excluding hydrogens is 486 g/mol. The minimum Gasteiger partial charge on any atom is -0.489 e. The SMILES string of the molecule is COCCOCCOCCOCCOc1cc(CN2CCC(Oc3ccnc4ccsc34)CC2)on1. The minimum atomic E-state index is 0.210. The molecule has 0 spiro atoms. The largest absolute Gasteiger partial charge is 0.489 e. The molecular formula is C25H35N3O7S. The molecule has 0 amide bonds. The Morgan fingerprint density at radius 3 is 2.44 bits per heavy atom. The molecule has 0 N–H and O–H groups in total. The van der Waals surface area contributed by atoms with E-state index in [1.54, 1.807) is 18.4 Å². The van der Waals surface area contributed by atoms with Crippen LogP contribution >= 0.6 is 11.3 Å². The molecule has 0 aliphatic carbocycles. The Labute approximate surface area is 215 Å². The standard InChI is InChI=1S/C25H35N3O7S/c1-29-9-10-30-11-12-31-13-14-32-15-16-33-24-18-21(35-27-24)19-28-7-3-20(4-8-28)34-23-2-6-26-22-5-17-36-25(22)23/h2,5-6,17-18,20H,3-4,7-16,19H2,1H3. The van der Waals surface area contributed by atoms with Gasteiger partial charge in [-0.15, -0.1) is 11.3 Å². The van der Waals surface area contributed by atoms with E-state index in [0.29, 0.717) is 65.3 Å². The van der Waals surface area contributed by atoms with Crippen molar-refractivity contribution in [1.82, 2.24) is 15.0 Å². The number of rotatable bonds is 17. The average molecular weight is 522 g/mol. The van der Waals surface area contributed by atoms with E-state index in [0.717, 1.165) is 47.7 Å². The third-order valence-corrected chi connectivity index (χ3v) is 6.62. The Morgan fingerprint density at radius 1 is 0.972 bits per heavy atom. The van der Waals surface area contributed by atoms with E-state index in [2.05, 4.69) is 20.4 Å². The second kappa shape index (κ2) is 15.1. The number of piperidine rings is 1. The van der Waals surface area contributed by atoms with Crippen LogP contribution < -0.4 is 9.47 Å². The van der Waals surface area contributed by atoms with Gasteiger partial charge in [0.05, 0.1) is 63.0 Å². The zero-order valence-electron chi connectivity index (χ0n) is 20.8. The third kappa shape index (κ3) is 8.68. The summed E-state index contributed by atoms with van der Waals surface area (Å²) in [6.07, 6.45) is 3.96. The lowest BCUT2D eigenvalue weighted by Gasteiger charge is -2.31. The number of hydrogen-bond donors (Lipinski definition) is 0. The summed E-state index contributed by atoms with van der Waals surface area (Å²) in [5, 5.41) is 6.06. The maximum absolute atomic E-state index is 6.30. The van der Waals surface area contributed by atoms with Gasteiger partial charge in [0.15, 0.2) is 5.76 Å². The normalized spacial score (nSPS) is 15.0. The van der Waals surface area contributed by atoms with E-state index < -0.39 is 0 Å². The van der Waals surface area contributed by atoms with Gasteiger partial charge >= 0.3 is 0 Å². The molecule has 10 nitrogen and oxygen atoms in total. The molecule has 4 heterocycles. The van der Waals surface area contributed by atoms with Crippen LogP contribution in [0.25, 0.3) is 10.2 Å². The molecule has 0 radical (unpaired) electrons. The smallest absolute Gasteiger partial charge is 0.254 e. The summed E-state index contributed by atoms with van der Waals surface area (Å²) >= 11 is 1.67. The molecule has 198 valence electrons. The molecule has 4 rings (SSSR count). The highest BCUT2D eigenvalue weighted by atomic mass is 32.1. The van der Waals surface area contributed by atoms with Crippen molar-refractivity contribution in [3.63, 3.8) is 0 Å². The van der Waals surface area contributed by atoms with Gasteiger partial charge in [-0.2, -0.15) is 0 Å². The van der Waals surface area contributed by atoms with E-state index >= 15 is 0 Å². The van der Waals surface area contributed by atoms with E-state index in [1.807, 2.05) is 24.4 Å². The lowest BCUT2D eigenvalue weighted by atomic mass is 10.1. The number of likely N-dealkylation sites (tertiary alicyclic amines) is 1. The maximum Gasteiger partial charge on any atom is 0.254 e. The van der Waals surface area contributed by atoms with Gasteiger partial charge in [-0.3, -0.25) is 9.88 Å². The number of fused-ring (bicyclic) bond motifs is 1. The number of thiophene rings is 1. The molecule has 11 heteroatoms. The van der Waals surface area contributed by atoms with E-state index in [9.17, 15) is 0 Å². The molecule has 0 saturated carbocycles. The Morgan fingerprint density at radius 2 is 1.69 bits per heavy atom. The van der Waals surface area contributed by atoms with Crippen LogP contribution in [0.15, 0.2) is 34.3 Å². The Hall–Kier alpha value is -2.28. The van der Waals surface area contributed by atoms with Crippen molar-refractivity contribution in [3.05, 3.63) is 35.5 Å². The first-order chi connectivity index (χ1) is 17.8. The fourth-order valence-corrected chi connectivity index (χ4v) is 4.66. The Bertz CT molecular complexity index is 1010. The van der Waals surface area contributed by atoms with E-state index in [4.69, 9.17) is 32.9 Å². The zero-order chi connectivity index (χ0) is 24.8. The molecule has 3 aromatic rings. The van der Waals surface area contributed by atoms with Crippen molar-refractivity contribution in [2.75, 3.05) is 73.1 Å². The number of nitrogens with zero attached hydrogens (tertiary/aromatic N) is 3. The molecule has 0 aromatic carbocycles. The average Bonchev–Trinajstić information content (AvgIpc) is 3.56. The van der Waals surface area contributed by atoms with Gasteiger partial charge in [-0.1, -0.05) is 0 Å². The summed E-state index contributed by atoms with van der Waals surface area (Å²) in [4.78, 5) is 6.73. The van der Waals surface area contributed by atoms with Gasteiger partial charge < -0.3 is 32.9 Å². The molecule has 36 heavy (non-hydrogen) atoms. The first-order valence-corrected chi connectivity index (χ1v) is 13.2. The minimum absolute atomic E-state index is 0.210. The summed E-state index contributed by atoms with van der Waals surface area (Å²) < 4.78 is 39.7. The van der Waals surface area contributed by atoms with Crippen molar-refractivity contribution < 1.29 is 32.9 Å². The lowest BCUT2D eigenvalue weighted by molar-refractivity contribution is -0.000107. The Kier molecular flexibility index (Phi) is 11.2. The number of methoxy groups -OCH3 is 1. The number of aromatic nitrogens is 2. The van der Waals surface area contributed by atoms with Crippen LogP contribution in [0.1, 0.15) is 18.6 Å². The van der Waals surface area contributed by atoms with Gasteiger partial charge in [0.1, 0.15) is 18.5 Å². The van der Waals surface area contributed by atoms with Crippen LogP contribution in [-0.4, -0.2) is 94.2 Å². The quantitative estimate of drug-likeness (QED) is 0.246. The lowest BCUT2D eigenvalue weighted by Crippen LogP contribution is -2.37. The van der Waals surface area contributed by atoms with Crippen molar-refractivity contribution in [2.24, 2.45) is 0 Å². The molecule has 0 bridgehead atoms. The van der Waals surface area contributed by atoms with Crippen molar-refractivity contribution in [1.29, 1.82) is 0 Å². The van der Waals surface area contributed by atoms with Crippen LogP contribution in [0.5, 0.6) is 11.6 Å². The predicted octanol–water partition coefficient (Wildman–Crippen LogP) is 3.40. The highest BCUT2D eigenvalue weighted by Gasteiger charge is 2.22. The summed E-state index contributed by atoms with van der Waals surface area (Å²) in [7, 11) is 1.65. The first-order valence-electron chi connectivity index (χ1n) is 12.3. The maximum atomic E-state index is 6.30. The monoisotopic (exact) mass is 521 g/mol. The molecule has 1 aliphatic heterocycles. The Balaban J connectivity index is 1.04. The fourth-order valence-electron chi connectivity index (χ4n) is 3.85. The number of pyridine rings is 1. The zero-order valence-corrected chi connectivity index (χ0v) is 21.6. The van der Waals surface area contributed by atoms with Crippen LogP contribution in [0.3, 0.4) is 0 Å². The van der Waals surface area contributed by atoms with Gasteiger partial charge in [0, 0.05) is 32.5 Å². The summed E-state index contributed by atoms with van der Waals surface area (Å²) in [6, 6.07) is 5.83. The van der Waals surface area contributed by atoms with Crippen molar-refractivity contribution in [2.45, 2.75) is 25.5 Å².